The number of halogens is 2. The molecule has 0 aromatic heterocycles. The molecule has 6 heteroatoms. The highest BCUT2D eigenvalue weighted by atomic mass is 79.9. The Balaban J connectivity index is 1.87. The van der Waals surface area contributed by atoms with Crippen LogP contribution in [0.15, 0.2) is 46.9 Å². The Labute approximate surface area is 147 Å². The third kappa shape index (κ3) is 3.41. The van der Waals surface area contributed by atoms with E-state index in [1.54, 1.807) is 23.1 Å². The van der Waals surface area contributed by atoms with Gasteiger partial charge in [-0.25, -0.2) is 0 Å². The summed E-state index contributed by atoms with van der Waals surface area (Å²) in [5.74, 6) is -0.211. The van der Waals surface area contributed by atoms with Crippen molar-refractivity contribution in [1.29, 1.82) is 0 Å². The van der Waals surface area contributed by atoms with Crippen molar-refractivity contribution in [2.75, 3.05) is 16.8 Å². The number of amides is 2. The number of para-hydroxylation sites is 1. The summed E-state index contributed by atoms with van der Waals surface area (Å²) in [4.78, 5) is 26.0. The third-order valence-electron chi connectivity index (χ3n) is 3.69. The summed E-state index contributed by atoms with van der Waals surface area (Å²) >= 11 is 9.60. The summed E-state index contributed by atoms with van der Waals surface area (Å²) in [6.07, 6.45) is 1.33. The zero-order valence-electron chi connectivity index (χ0n) is 12.2. The zero-order valence-corrected chi connectivity index (χ0v) is 14.5. The second kappa shape index (κ2) is 6.72. The highest BCUT2D eigenvalue weighted by Crippen LogP contribution is 2.31. The van der Waals surface area contributed by atoms with Gasteiger partial charge in [-0.2, -0.15) is 0 Å². The van der Waals surface area contributed by atoms with Crippen LogP contribution in [0, 0.1) is 0 Å². The molecule has 0 radical (unpaired) electrons. The van der Waals surface area contributed by atoms with E-state index < -0.39 is 0 Å². The molecule has 118 valence electrons. The van der Waals surface area contributed by atoms with E-state index in [9.17, 15) is 9.59 Å². The Kier molecular flexibility index (Phi) is 4.68. The Morgan fingerprint density at radius 3 is 2.70 bits per heavy atom. The maximum Gasteiger partial charge on any atom is 0.255 e. The number of carbonyl (C=O) groups is 2. The van der Waals surface area contributed by atoms with Gasteiger partial charge in [0.2, 0.25) is 5.91 Å². The van der Waals surface area contributed by atoms with Gasteiger partial charge in [0.1, 0.15) is 0 Å². The second-order valence-corrected chi connectivity index (χ2v) is 6.51. The molecule has 3 rings (SSSR count). The van der Waals surface area contributed by atoms with Gasteiger partial charge in [-0.1, -0.05) is 23.7 Å². The lowest BCUT2D eigenvalue weighted by Gasteiger charge is -2.18. The normalized spacial score (nSPS) is 14.2. The SMILES string of the molecule is O=C(Nc1ccccc1Br)c1ccc(Cl)c(N2CCCC2=O)c1. The maximum atomic E-state index is 12.4. The van der Waals surface area contributed by atoms with Gasteiger partial charge in [-0.15, -0.1) is 0 Å². The molecule has 0 spiro atoms. The molecule has 23 heavy (non-hydrogen) atoms. The summed E-state index contributed by atoms with van der Waals surface area (Å²) in [5.41, 5.74) is 1.74. The number of hydrogen-bond acceptors (Lipinski definition) is 2. The molecule has 1 aliphatic rings. The molecule has 2 aromatic carbocycles. The van der Waals surface area contributed by atoms with Crippen LogP contribution in [0.3, 0.4) is 0 Å². The number of nitrogens with zero attached hydrogens (tertiary/aromatic N) is 1. The summed E-state index contributed by atoms with van der Waals surface area (Å²) in [6, 6.07) is 12.3. The van der Waals surface area contributed by atoms with Gasteiger partial charge >= 0.3 is 0 Å². The van der Waals surface area contributed by atoms with Gasteiger partial charge in [0.05, 0.1) is 16.4 Å². The van der Waals surface area contributed by atoms with Gasteiger partial charge in [-0.3, -0.25) is 9.59 Å². The van der Waals surface area contributed by atoms with E-state index >= 15 is 0 Å². The summed E-state index contributed by atoms with van der Waals surface area (Å²) < 4.78 is 0.803. The lowest BCUT2D eigenvalue weighted by Crippen LogP contribution is -2.24. The first-order valence-electron chi connectivity index (χ1n) is 7.22. The molecule has 0 bridgehead atoms. The largest absolute Gasteiger partial charge is 0.321 e. The second-order valence-electron chi connectivity index (χ2n) is 5.25. The smallest absolute Gasteiger partial charge is 0.255 e. The van der Waals surface area contributed by atoms with Crippen molar-refractivity contribution in [3.05, 3.63) is 57.5 Å². The minimum atomic E-state index is -0.249. The Morgan fingerprint density at radius 2 is 2.00 bits per heavy atom. The van der Waals surface area contributed by atoms with Crippen molar-refractivity contribution in [3.63, 3.8) is 0 Å². The molecular weight excluding hydrogens is 380 g/mol. The Bertz CT molecular complexity index is 779. The van der Waals surface area contributed by atoms with E-state index in [1.807, 2.05) is 24.3 Å². The highest BCUT2D eigenvalue weighted by molar-refractivity contribution is 9.10. The topological polar surface area (TPSA) is 49.4 Å². The van der Waals surface area contributed by atoms with Gasteiger partial charge in [-0.05, 0) is 52.7 Å². The van der Waals surface area contributed by atoms with Gasteiger partial charge < -0.3 is 10.2 Å². The van der Waals surface area contributed by atoms with Crippen molar-refractivity contribution in [3.8, 4) is 0 Å². The van der Waals surface area contributed by atoms with E-state index in [0.717, 1.165) is 10.9 Å². The van der Waals surface area contributed by atoms with Crippen LogP contribution in [-0.4, -0.2) is 18.4 Å². The maximum absolute atomic E-state index is 12.4. The highest BCUT2D eigenvalue weighted by Gasteiger charge is 2.24. The number of benzene rings is 2. The van der Waals surface area contributed by atoms with E-state index in [-0.39, 0.29) is 11.8 Å². The fourth-order valence-corrected chi connectivity index (χ4v) is 3.12. The molecule has 1 N–H and O–H groups in total. The first-order valence-corrected chi connectivity index (χ1v) is 8.39. The van der Waals surface area contributed by atoms with Crippen LogP contribution in [0.25, 0.3) is 0 Å². The first kappa shape index (κ1) is 16.0. The molecule has 2 aromatic rings. The van der Waals surface area contributed by atoms with Crippen LogP contribution in [-0.2, 0) is 4.79 Å². The molecule has 4 nitrogen and oxygen atoms in total. The average molecular weight is 394 g/mol. The Morgan fingerprint density at radius 1 is 1.22 bits per heavy atom. The van der Waals surface area contributed by atoms with Gasteiger partial charge in [0.25, 0.3) is 5.91 Å². The van der Waals surface area contributed by atoms with Crippen LogP contribution in [0.2, 0.25) is 5.02 Å². The number of hydrogen-bond donors (Lipinski definition) is 1. The molecule has 0 saturated carbocycles. The van der Waals surface area contributed by atoms with Gasteiger partial charge in [0, 0.05) is 23.0 Å². The van der Waals surface area contributed by atoms with E-state index in [0.29, 0.717) is 34.9 Å². The van der Waals surface area contributed by atoms with Crippen molar-refractivity contribution >= 4 is 50.7 Å². The third-order valence-corrected chi connectivity index (χ3v) is 4.71. The monoisotopic (exact) mass is 392 g/mol. The van der Waals surface area contributed by atoms with Crippen LogP contribution in [0.1, 0.15) is 23.2 Å². The van der Waals surface area contributed by atoms with E-state index in [2.05, 4.69) is 21.2 Å². The summed E-state index contributed by atoms with van der Waals surface area (Å²) in [7, 11) is 0. The van der Waals surface area contributed by atoms with Crippen molar-refractivity contribution in [2.24, 2.45) is 0 Å². The number of nitrogens with one attached hydrogen (secondary N) is 1. The lowest BCUT2D eigenvalue weighted by atomic mass is 10.1. The molecular formula is C17H14BrClN2O2. The van der Waals surface area contributed by atoms with Crippen molar-refractivity contribution in [2.45, 2.75) is 12.8 Å². The average Bonchev–Trinajstić information content (AvgIpc) is 2.96. The van der Waals surface area contributed by atoms with E-state index in [4.69, 9.17) is 11.6 Å². The quantitative estimate of drug-likeness (QED) is 0.836. The minimum Gasteiger partial charge on any atom is -0.321 e. The standard InChI is InChI=1S/C17H14BrClN2O2/c18-12-4-1-2-5-14(12)20-17(23)11-7-8-13(19)15(10-11)21-9-3-6-16(21)22/h1-2,4-5,7-8,10H,3,6,9H2,(H,20,23). The first-order chi connectivity index (χ1) is 11.1. The molecule has 0 atom stereocenters. The Hall–Kier alpha value is -1.85. The fourth-order valence-electron chi connectivity index (χ4n) is 2.52. The van der Waals surface area contributed by atoms with Crippen LogP contribution >= 0.6 is 27.5 Å². The number of anilines is 2. The number of rotatable bonds is 3. The van der Waals surface area contributed by atoms with Crippen LogP contribution in [0.5, 0.6) is 0 Å². The molecule has 1 saturated heterocycles. The molecule has 2 amide bonds. The number of carbonyl (C=O) groups excluding carboxylic acids is 2. The minimum absolute atomic E-state index is 0.0373. The zero-order chi connectivity index (χ0) is 16.4. The van der Waals surface area contributed by atoms with Gasteiger partial charge in [0.15, 0.2) is 0 Å². The molecule has 1 fully saturated rings. The molecule has 0 aliphatic carbocycles. The predicted octanol–water partition coefficient (Wildman–Crippen LogP) is 4.48. The molecule has 0 unspecified atom stereocenters. The van der Waals surface area contributed by atoms with Crippen molar-refractivity contribution in [1.82, 2.24) is 0 Å². The lowest BCUT2D eigenvalue weighted by molar-refractivity contribution is -0.117. The fraction of sp³-hybridized carbons (Fsp3) is 0.176. The van der Waals surface area contributed by atoms with Crippen LogP contribution < -0.4 is 10.2 Å². The molecule has 1 aliphatic heterocycles. The van der Waals surface area contributed by atoms with Crippen molar-refractivity contribution < 1.29 is 9.59 Å². The van der Waals surface area contributed by atoms with Crippen LogP contribution in [0.4, 0.5) is 11.4 Å². The summed E-state index contributed by atoms with van der Waals surface area (Å²) in [6.45, 7) is 0.633. The van der Waals surface area contributed by atoms with E-state index in [1.165, 1.54) is 0 Å². The summed E-state index contributed by atoms with van der Waals surface area (Å²) in [5, 5.41) is 3.31. The molecule has 1 heterocycles. The predicted molar refractivity (Wildman–Crippen MR) is 95.1 cm³/mol.